The lowest BCUT2D eigenvalue weighted by Crippen LogP contribution is -2.47. The number of amides is 4. The number of pyridine rings is 1. The molecule has 1 aromatic carbocycles. The van der Waals surface area contributed by atoms with Crippen molar-refractivity contribution in [3.63, 3.8) is 0 Å². The number of carbonyl (C=O) groups is 3. The normalized spacial score (nSPS) is 16.3. The number of carbonyl (C=O) groups excluding carboxylic acids is 3. The topological polar surface area (TPSA) is 101 Å². The van der Waals surface area contributed by atoms with Crippen LogP contribution in [0, 0.1) is 6.92 Å². The fourth-order valence-electron chi connectivity index (χ4n) is 4.14. The molecule has 0 radical (unpaired) electrons. The van der Waals surface area contributed by atoms with Gasteiger partial charge >= 0.3 is 18.3 Å². The summed E-state index contributed by atoms with van der Waals surface area (Å²) in [5, 5.41) is 5.02. The summed E-state index contributed by atoms with van der Waals surface area (Å²) in [6.07, 6.45) is -4.07. The molecule has 3 aromatic rings. The minimum Gasteiger partial charge on any atom is -0.443 e. The summed E-state index contributed by atoms with van der Waals surface area (Å²) in [6.45, 7) is 5.71. The molecule has 0 unspecified atom stereocenters. The first kappa shape index (κ1) is 26.9. The molecule has 0 spiro atoms. The summed E-state index contributed by atoms with van der Waals surface area (Å²) >= 11 is 0. The third-order valence-corrected chi connectivity index (χ3v) is 5.97. The molecular formula is C25H27F3N6O4. The van der Waals surface area contributed by atoms with Gasteiger partial charge in [0.15, 0.2) is 0 Å². The Morgan fingerprint density at radius 2 is 1.82 bits per heavy atom. The molecule has 1 saturated heterocycles. The first-order chi connectivity index (χ1) is 17.6. The Hall–Kier alpha value is -4.16. The maximum Gasteiger partial charge on any atom is 0.418 e. The van der Waals surface area contributed by atoms with Crippen molar-refractivity contribution in [1.29, 1.82) is 0 Å². The SMILES string of the molecule is Cc1cc(C(F)(F)F)cc(N2C(=O)N(C(=O)OC(C)(C)C)C[C@H]2C(=O)N(C)c2ccc3cnn(C)c3c2)n1. The largest absolute Gasteiger partial charge is 0.443 e. The second-order valence-corrected chi connectivity index (χ2v) is 10.0. The van der Waals surface area contributed by atoms with Gasteiger partial charge in [0.2, 0.25) is 0 Å². The Morgan fingerprint density at radius 1 is 1.13 bits per heavy atom. The number of fused-ring (bicyclic) bond motifs is 1. The standard InChI is InChI=1S/C25H27F3N6O4/c1-14-9-16(25(26,27)28)10-20(30-14)34-19(13-33(22(34)36)23(37)38-24(2,3)4)21(35)31(5)17-8-7-15-12-29-32(6)18(15)11-17/h7-12,19H,13H2,1-6H3/t19-/m0/s1. The van der Waals surface area contributed by atoms with E-state index in [1.807, 2.05) is 0 Å². The van der Waals surface area contributed by atoms with E-state index in [0.717, 1.165) is 21.9 Å². The van der Waals surface area contributed by atoms with Crippen LogP contribution in [0.4, 0.5) is 34.3 Å². The molecule has 38 heavy (non-hydrogen) atoms. The highest BCUT2D eigenvalue weighted by Crippen LogP contribution is 2.34. The summed E-state index contributed by atoms with van der Waals surface area (Å²) in [5.74, 6) is -1.04. The van der Waals surface area contributed by atoms with E-state index in [1.165, 1.54) is 18.9 Å². The number of alkyl halides is 3. The van der Waals surface area contributed by atoms with Crippen LogP contribution in [0.3, 0.4) is 0 Å². The molecule has 10 nitrogen and oxygen atoms in total. The summed E-state index contributed by atoms with van der Waals surface area (Å²) in [6, 6.07) is 4.31. The minimum absolute atomic E-state index is 0.0143. The van der Waals surface area contributed by atoms with Crippen LogP contribution in [0.1, 0.15) is 32.0 Å². The quantitative estimate of drug-likeness (QED) is 0.492. The van der Waals surface area contributed by atoms with Crippen molar-refractivity contribution in [1.82, 2.24) is 19.7 Å². The van der Waals surface area contributed by atoms with Gasteiger partial charge < -0.3 is 9.64 Å². The molecule has 0 N–H and O–H groups in total. The van der Waals surface area contributed by atoms with Crippen molar-refractivity contribution < 1.29 is 32.3 Å². The number of hydrogen-bond acceptors (Lipinski definition) is 6. The molecule has 2 aromatic heterocycles. The zero-order valence-electron chi connectivity index (χ0n) is 21.7. The van der Waals surface area contributed by atoms with Crippen molar-refractivity contribution in [2.75, 3.05) is 23.4 Å². The van der Waals surface area contributed by atoms with Crippen molar-refractivity contribution in [3.8, 4) is 0 Å². The highest BCUT2D eigenvalue weighted by Gasteiger charge is 2.48. The lowest BCUT2D eigenvalue weighted by atomic mass is 10.1. The van der Waals surface area contributed by atoms with Crippen LogP contribution in [0.2, 0.25) is 0 Å². The molecule has 3 heterocycles. The lowest BCUT2D eigenvalue weighted by Gasteiger charge is -2.27. The number of imide groups is 1. The average molecular weight is 533 g/mol. The molecule has 1 atom stereocenters. The number of aryl methyl sites for hydroxylation is 2. The van der Waals surface area contributed by atoms with Crippen LogP contribution in [-0.2, 0) is 22.8 Å². The highest BCUT2D eigenvalue weighted by molar-refractivity contribution is 6.11. The summed E-state index contributed by atoms with van der Waals surface area (Å²) in [4.78, 5) is 46.9. The van der Waals surface area contributed by atoms with Crippen LogP contribution in [0.5, 0.6) is 0 Å². The predicted octanol–water partition coefficient (Wildman–Crippen LogP) is 4.50. The number of ether oxygens (including phenoxy) is 1. The Morgan fingerprint density at radius 3 is 2.45 bits per heavy atom. The van der Waals surface area contributed by atoms with Crippen LogP contribution in [0.25, 0.3) is 10.9 Å². The number of benzene rings is 1. The van der Waals surface area contributed by atoms with Gasteiger partial charge in [0.05, 0.1) is 23.8 Å². The van der Waals surface area contributed by atoms with E-state index in [-0.39, 0.29) is 5.69 Å². The third-order valence-electron chi connectivity index (χ3n) is 5.97. The van der Waals surface area contributed by atoms with E-state index in [4.69, 9.17) is 4.74 Å². The summed E-state index contributed by atoms with van der Waals surface area (Å²) in [7, 11) is 3.22. The zero-order valence-corrected chi connectivity index (χ0v) is 21.7. The number of hydrogen-bond donors (Lipinski definition) is 0. The Bertz CT molecular complexity index is 1430. The van der Waals surface area contributed by atoms with Gasteiger partial charge in [0, 0.05) is 30.9 Å². The first-order valence-corrected chi connectivity index (χ1v) is 11.7. The lowest BCUT2D eigenvalue weighted by molar-refractivity contribution is -0.137. The van der Waals surface area contributed by atoms with Gasteiger partial charge in [0.1, 0.15) is 17.5 Å². The smallest absolute Gasteiger partial charge is 0.418 e. The second kappa shape index (κ2) is 9.30. The maximum absolute atomic E-state index is 13.7. The zero-order chi connectivity index (χ0) is 28.2. The summed E-state index contributed by atoms with van der Waals surface area (Å²) < 4.78 is 47.6. The van der Waals surface area contributed by atoms with Gasteiger partial charge in [-0.25, -0.2) is 19.5 Å². The van der Waals surface area contributed by atoms with Crippen molar-refractivity contribution >= 4 is 40.4 Å². The average Bonchev–Trinajstić information content (AvgIpc) is 3.35. The molecule has 0 aliphatic carbocycles. The van der Waals surface area contributed by atoms with Crippen molar-refractivity contribution in [2.24, 2.45) is 7.05 Å². The predicted molar refractivity (Wildman–Crippen MR) is 133 cm³/mol. The van der Waals surface area contributed by atoms with Gasteiger partial charge in [-0.1, -0.05) is 0 Å². The van der Waals surface area contributed by atoms with Gasteiger partial charge in [-0.2, -0.15) is 18.3 Å². The second-order valence-electron chi connectivity index (χ2n) is 10.0. The van der Waals surface area contributed by atoms with E-state index in [0.29, 0.717) is 16.7 Å². The van der Waals surface area contributed by atoms with Crippen LogP contribution in [0.15, 0.2) is 36.5 Å². The number of rotatable bonds is 3. The van der Waals surface area contributed by atoms with Gasteiger partial charge in [-0.3, -0.25) is 14.4 Å². The maximum atomic E-state index is 13.7. The molecule has 4 rings (SSSR count). The molecule has 0 saturated carbocycles. The molecule has 1 aliphatic rings. The number of halogens is 3. The van der Waals surface area contributed by atoms with E-state index < -0.39 is 53.8 Å². The number of likely N-dealkylation sites (N-methyl/N-ethyl adjacent to an activating group) is 1. The number of aromatic nitrogens is 3. The van der Waals surface area contributed by atoms with E-state index in [2.05, 4.69) is 10.1 Å². The Labute approximate surface area is 216 Å². The fraction of sp³-hybridized carbons (Fsp3) is 0.400. The van der Waals surface area contributed by atoms with E-state index in [1.54, 1.807) is 56.9 Å². The number of urea groups is 1. The molecule has 0 bridgehead atoms. The van der Waals surface area contributed by atoms with Crippen molar-refractivity contribution in [2.45, 2.75) is 45.5 Å². The minimum atomic E-state index is -4.72. The molecule has 1 fully saturated rings. The van der Waals surface area contributed by atoms with Crippen LogP contribution in [-0.4, -0.2) is 62.9 Å². The molecule has 1 aliphatic heterocycles. The van der Waals surface area contributed by atoms with Crippen LogP contribution < -0.4 is 9.80 Å². The van der Waals surface area contributed by atoms with Crippen LogP contribution >= 0.6 is 0 Å². The monoisotopic (exact) mass is 532 g/mol. The molecule has 4 amide bonds. The third kappa shape index (κ3) is 5.13. The highest BCUT2D eigenvalue weighted by atomic mass is 19.4. The van der Waals surface area contributed by atoms with Gasteiger partial charge in [0.25, 0.3) is 5.91 Å². The Balaban J connectivity index is 1.76. The first-order valence-electron chi connectivity index (χ1n) is 11.7. The molecule has 13 heteroatoms. The van der Waals surface area contributed by atoms with Crippen molar-refractivity contribution in [3.05, 3.63) is 47.8 Å². The van der Waals surface area contributed by atoms with Gasteiger partial charge in [-0.15, -0.1) is 0 Å². The molecular weight excluding hydrogens is 505 g/mol. The van der Waals surface area contributed by atoms with E-state index >= 15 is 0 Å². The van der Waals surface area contributed by atoms with E-state index in [9.17, 15) is 27.6 Å². The molecule has 202 valence electrons. The number of nitrogens with zero attached hydrogens (tertiary/aromatic N) is 6. The van der Waals surface area contributed by atoms with Gasteiger partial charge in [-0.05, 0) is 58.0 Å². The summed E-state index contributed by atoms with van der Waals surface area (Å²) in [5.41, 5.74) is -0.802. The Kier molecular flexibility index (Phi) is 6.58. The fourth-order valence-corrected chi connectivity index (χ4v) is 4.14. The number of anilines is 2.